The minimum atomic E-state index is -0.227. The molecule has 2 aliphatic carbocycles. The van der Waals surface area contributed by atoms with Gasteiger partial charge >= 0.3 is 5.97 Å². The number of aryl methyl sites for hydroxylation is 2. The highest BCUT2D eigenvalue weighted by atomic mass is 16.5. The van der Waals surface area contributed by atoms with E-state index in [-0.39, 0.29) is 41.2 Å². The van der Waals surface area contributed by atoms with Crippen molar-refractivity contribution < 1.29 is 19.1 Å². The molecule has 3 rings (SSSR count). The largest absolute Gasteiger partial charge is 0.466 e. The van der Waals surface area contributed by atoms with E-state index in [4.69, 9.17) is 4.74 Å². The molecule has 0 aromatic heterocycles. The Morgan fingerprint density at radius 2 is 1.72 bits per heavy atom. The van der Waals surface area contributed by atoms with E-state index in [0.29, 0.717) is 38.2 Å². The van der Waals surface area contributed by atoms with Gasteiger partial charge in [0.2, 0.25) is 0 Å². The number of ether oxygens (including phenoxy) is 1. The van der Waals surface area contributed by atoms with Crippen LogP contribution < -0.4 is 0 Å². The molecule has 29 heavy (non-hydrogen) atoms. The van der Waals surface area contributed by atoms with Crippen LogP contribution >= 0.6 is 0 Å². The lowest BCUT2D eigenvalue weighted by atomic mass is 9.78. The van der Waals surface area contributed by atoms with Gasteiger partial charge in [0.05, 0.1) is 12.5 Å². The van der Waals surface area contributed by atoms with Gasteiger partial charge in [-0.1, -0.05) is 26.0 Å². The highest BCUT2D eigenvalue weighted by Gasteiger charge is 2.44. The number of Topliss-reactive ketones (excluding diaryl/α,β-unsaturated/α-hetero) is 2. The van der Waals surface area contributed by atoms with E-state index in [9.17, 15) is 14.4 Å². The first-order valence-electron chi connectivity index (χ1n) is 11.0. The maximum absolute atomic E-state index is 12.9. The van der Waals surface area contributed by atoms with E-state index >= 15 is 0 Å². The van der Waals surface area contributed by atoms with Crippen LogP contribution in [0.25, 0.3) is 0 Å². The van der Waals surface area contributed by atoms with Gasteiger partial charge in [-0.3, -0.25) is 14.4 Å². The molecule has 5 unspecified atom stereocenters. The second-order valence-electron chi connectivity index (χ2n) is 9.31. The van der Waals surface area contributed by atoms with E-state index in [2.05, 4.69) is 39.8 Å². The molecule has 1 aromatic rings. The number of esters is 1. The summed E-state index contributed by atoms with van der Waals surface area (Å²) < 4.78 is 5.28. The fraction of sp³-hybridized carbons (Fsp3) is 0.640. The molecule has 4 nitrogen and oxygen atoms in total. The summed E-state index contributed by atoms with van der Waals surface area (Å²) in [5.41, 5.74) is 4.76. The Morgan fingerprint density at radius 3 is 2.38 bits per heavy atom. The molecule has 2 aliphatic rings. The summed E-state index contributed by atoms with van der Waals surface area (Å²) in [5, 5.41) is 0. The quantitative estimate of drug-likeness (QED) is 0.666. The van der Waals surface area contributed by atoms with Crippen LogP contribution in [0.4, 0.5) is 0 Å². The third kappa shape index (κ3) is 4.62. The first-order chi connectivity index (χ1) is 13.7. The van der Waals surface area contributed by atoms with Crippen LogP contribution in [0.3, 0.4) is 0 Å². The third-order valence-electron chi connectivity index (χ3n) is 7.27. The normalized spacial score (nSPS) is 28.9. The number of benzene rings is 1. The Balaban J connectivity index is 1.66. The molecular formula is C25H34O4. The fourth-order valence-corrected chi connectivity index (χ4v) is 5.32. The van der Waals surface area contributed by atoms with Crippen LogP contribution in [0.15, 0.2) is 12.1 Å². The molecule has 1 saturated carbocycles. The summed E-state index contributed by atoms with van der Waals surface area (Å²) in [6.45, 7) is 10.6. The van der Waals surface area contributed by atoms with Crippen LogP contribution in [0.5, 0.6) is 0 Å². The molecule has 0 spiro atoms. The van der Waals surface area contributed by atoms with Gasteiger partial charge in [0.1, 0.15) is 11.6 Å². The molecular weight excluding hydrogens is 364 g/mol. The van der Waals surface area contributed by atoms with Crippen LogP contribution in [-0.4, -0.2) is 24.1 Å². The minimum Gasteiger partial charge on any atom is -0.466 e. The lowest BCUT2D eigenvalue weighted by Crippen LogP contribution is -2.30. The van der Waals surface area contributed by atoms with Gasteiger partial charge in [-0.05, 0) is 73.6 Å². The molecule has 0 bridgehead atoms. The zero-order chi connectivity index (χ0) is 21.3. The standard InChI is InChI=1S/C25H34O4/c1-6-29-25(28)24-17(5)16(4)9-21(24)12-22(26)11-20-10-18-7-14(2)15(3)8-19(18)13-23(20)27/h7-8,16-17,20-21,24H,6,9-13H2,1-5H3. The molecule has 0 N–H and O–H groups in total. The molecule has 0 aliphatic heterocycles. The molecule has 158 valence electrons. The van der Waals surface area contributed by atoms with Crippen molar-refractivity contribution in [3.63, 3.8) is 0 Å². The third-order valence-corrected chi connectivity index (χ3v) is 7.27. The van der Waals surface area contributed by atoms with Crippen molar-refractivity contribution in [2.24, 2.45) is 29.6 Å². The molecule has 1 aromatic carbocycles. The number of fused-ring (bicyclic) bond motifs is 1. The molecule has 1 fully saturated rings. The van der Waals surface area contributed by atoms with Gasteiger partial charge in [-0.2, -0.15) is 0 Å². The summed E-state index contributed by atoms with van der Waals surface area (Å²) in [7, 11) is 0. The van der Waals surface area contributed by atoms with Gasteiger partial charge in [-0.15, -0.1) is 0 Å². The van der Waals surface area contributed by atoms with E-state index in [1.54, 1.807) is 0 Å². The van der Waals surface area contributed by atoms with Crippen LogP contribution in [0.1, 0.15) is 62.3 Å². The molecule has 0 heterocycles. The van der Waals surface area contributed by atoms with Crippen molar-refractivity contribution in [3.05, 3.63) is 34.4 Å². The molecule has 0 saturated heterocycles. The Bertz CT molecular complexity index is 809. The van der Waals surface area contributed by atoms with Gasteiger partial charge in [0.25, 0.3) is 0 Å². The van der Waals surface area contributed by atoms with E-state index < -0.39 is 0 Å². The second kappa shape index (κ2) is 8.81. The number of ketones is 2. The number of hydrogen-bond donors (Lipinski definition) is 0. The van der Waals surface area contributed by atoms with Gasteiger partial charge in [0.15, 0.2) is 0 Å². The predicted molar refractivity (Wildman–Crippen MR) is 113 cm³/mol. The topological polar surface area (TPSA) is 60.4 Å². The van der Waals surface area contributed by atoms with Crippen molar-refractivity contribution in [2.75, 3.05) is 6.61 Å². The summed E-state index contributed by atoms with van der Waals surface area (Å²) in [6.07, 6.45) is 2.62. The van der Waals surface area contributed by atoms with Crippen LogP contribution in [-0.2, 0) is 32.0 Å². The number of carbonyl (C=O) groups excluding carboxylic acids is 3. The summed E-state index contributed by atoms with van der Waals surface area (Å²) in [6, 6.07) is 4.29. The maximum Gasteiger partial charge on any atom is 0.309 e. The van der Waals surface area contributed by atoms with Crippen molar-refractivity contribution in [1.29, 1.82) is 0 Å². The summed E-state index contributed by atoms with van der Waals surface area (Å²) in [4.78, 5) is 38.0. The number of hydrogen-bond acceptors (Lipinski definition) is 4. The number of carbonyl (C=O) groups is 3. The molecule has 0 amide bonds. The first kappa shape index (κ1) is 21.7. The second-order valence-corrected chi connectivity index (χ2v) is 9.31. The number of rotatable bonds is 6. The zero-order valence-corrected chi connectivity index (χ0v) is 18.4. The molecule has 0 radical (unpaired) electrons. The Morgan fingerprint density at radius 1 is 1.07 bits per heavy atom. The average Bonchev–Trinajstić information content (AvgIpc) is 2.91. The predicted octanol–water partition coefficient (Wildman–Crippen LogP) is 4.41. The van der Waals surface area contributed by atoms with Crippen LogP contribution in [0.2, 0.25) is 0 Å². The van der Waals surface area contributed by atoms with E-state index in [1.807, 2.05) is 6.92 Å². The maximum atomic E-state index is 12.9. The van der Waals surface area contributed by atoms with Crippen molar-refractivity contribution in [1.82, 2.24) is 0 Å². The van der Waals surface area contributed by atoms with E-state index in [1.165, 1.54) is 16.7 Å². The highest BCUT2D eigenvalue weighted by molar-refractivity contribution is 5.91. The van der Waals surface area contributed by atoms with Gasteiger partial charge < -0.3 is 4.74 Å². The molecule has 5 atom stereocenters. The minimum absolute atomic E-state index is 0.0300. The lowest BCUT2D eigenvalue weighted by Gasteiger charge is -2.25. The smallest absolute Gasteiger partial charge is 0.309 e. The average molecular weight is 399 g/mol. The van der Waals surface area contributed by atoms with Crippen molar-refractivity contribution >= 4 is 17.5 Å². The van der Waals surface area contributed by atoms with E-state index in [0.717, 1.165) is 12.0 Å². The molecule has 4 heteroatoms. The fourth-order valence-electron chi connectivity index (χ4n) is 5.32. The van der Waals surface area contributed by atoms with Gasteiger partial charge in [-0.25, -0.2) is 0 Å². The monoisotopic (exact) mass is 398 g/mol. The first-order valence-corrected chi connectivity index (χ1v) is 11.0. The lowest BCUT2D eigenvalue weighted by molar-refractivity contribution is -0.151. The highest BCUT2D eigenvalue weighted by Crippen LogP contribution is 2.44. The Hall–Kier alpha value is -1.97. The van der Waals surface area contributed by atoms with Crippen molar-refractivity contribution in [3.8, 4) is 0 Å². The SMILES string of the molecule is CCOC(=O)C1C(CC(=O)CC2Cc3cc(C)c(C)cc3CC2=O)CC(C)C1C. The van der Waals surface area contributed by atoms with Crippen LogP contribution in [0, 0.1) is 43.4 Å². The van der Waals surface area contributed by atoms with Gasteiger partial charge in [0, 0.05) is 25.2 Å². The zero-order valence-electron chi connectivity index (χ0n) is 18.4. The van der Waals surface area contributed by atoms with Crippen molar-refractivity contribution in [2.45, 2.75) is 66.7 Å². The summed E-state index contributed by atoms with van der Waals surface area (Å²) >= 11 is 0. The Labute approximate surface area is 174 Å². The summed E-state index contributed by atoms with van der Waals surface area (Å²) in [5.74, 6) is 0.327. The Kier molecular flexibility index (Phi) is 6.60.